The summed E-state index contributed by atoms with van der Waals surface area (Å²) in [6.45, 7) is 1.85. The summed E-state index contributed by atoms with van der Waals surface area (Å²) in [7, 11) is 0. The Bertz CT molecular complexity index is 982. The average molecular weight is 361 g/mol. The normalized spacial score (nSPS) is 10.7. The fourth-order valence-corrected chi connectivity index (χ4v) is 3.25. The summed E-state index contributed by atoms with van der Waals surface area (Å²) in [6, 6.07) is 19.6. The third-order valence-electron chi connectivity index (χ3n) is 3.78. The molecular weight excluding hydrogens is 346 g/mol. The van der Waals surface area contributed by atoms with Gasteiger partial charge in [0.1, 0.15) is 10.6 Å². The van der Waals surface area contributed by atoms with Crippen molar-refractivity contribution in [3.05, 3.63) is 76.7 Å². The van der Waals surface area contributed by atoms with Gasteiger partial charge in [-0.3, -0.25) is 10.1 Å². The first-order valence-corrected chi connectivity index (χ1v) is 8.88. The van der Waals surface area contributed by atoms with Gasteiger partial charge in [0.2, 0.25) is 0 Å². The predicted molar refractivity (Wildman–Crippen MR) is 102 cm³/mol. The van der Waals surface area contributed by atoms with E-state index < -0.39 is 0 Å². The van der Waals surface area contributed by atoms with E-state index >= 15 is 0 Å². The molecule has 26 heavy (non-hydrogen) atoms. The maximum atomic E-state index is 12.4. The molecule has 5 nitrogen and oxygen atoms in total. The molecule has 4 rings (SSSR count). The number of benzene rings is 2. The minimum absolute atomic E-state index is 0.166. The number of rotatable bonds is 4. The molecule has 0 fully saturated rings. The second kappa shape index (κ2) is 6.93. The van der Waals surface area contributed by atoms with Gasteiger partial charge in [-0.15, -0.1) is 11.3 Å². The molecule has 2 aromatic carbocycles. The fourth-order valence-electron chi connectivity index (χ4n) is 2.58. The summed E-state index contributed by atoms with van der Waals surface area (Å²) in [4.78, 5) is 21.5. The van der Waals surface area contributed by atoms with Crippen LogP contribution >= 0.6 is 11.3 Å². The van der Waals surface area contributed by atoms with E-state index in [1.165, 1.54) is 11.3 Å². The average Bonchev–Trinajstić information content (AvgIpc) is 3.30. The van der Waals surface area contributed by atoms with Crippen molar-refractivity contribution in [2.24, 2.45) is 0 Å². The van der Waals surface area contributed by atoms with Crippen LogP contribution in [0.15, 0.2) is 71.3 Å². The van der Waals surface area contributed by atoms with Crippen molar-refractivity contribution < 1.29 is 9.21 Å². The van der Waals surface area contributed by atoms with Gasteiger partial charge in [0, 0.05) is 11.1 Å². The molecule has 2 heterocycles. The van der Waals surface area contributed by atoms with E-state index in [9.17, 15) is 4.79 Å². The quantitative estimate of drug-likeness (QED) is 0.554. The fraction of sp³-hybridized carbons (Fsp3) is 0.0500. The van der Waals surface area contributed by atoms with E-state index in [0.717, 1.165) is 16.1 Å². The molecule has 4 aromatic rings. The van der Waals surface area contributed by atoms with E-state index in [-0.39, 0.29) is 11.9 Å². The van der Waals surface area contributed by atoms with Gasteiger partial charge in [0.15, 0.2) is 5.76 Å². The number of aryl methyl sites for hydroxylation is 1. The first-order chi connectivity index (χ1) is 12.7. The first-order valence-electron chi connectivity index (χ1n) is 8.06. The van der Waals surface area contributed by atoms with Crippen molar-refractivity contribution in [3.8, 4) is 22.6 Å². The zero-order valence-corrected chi connectivity index (χ0v) is 14.8. The summed E-state index contributed by atoms with van der Waals surface area (Å²) in [5.41, 5.74) is 2.50. The summed E-state index contributed by atoms with van der Waals surface area (Å²) in [6.07, 6.45) is 1.55. The Kier molecular flexibility index (Phi) is 4.33. The number of anilines is 1. The van der Waals surface area contributed by atoms with E-state index in [4.69, 9.17) is 4.42 Å². The van der Waals surface area contributed by atoms with Crippen LogP contribution in [0.2, 0.25) is 0 Å². The summed E-state index contributed by atoms with van der Waals surface area (Å²) >= 11 is 1.33. The predicted octanol–water partition coefficient (Wildman–Crippen LogP) is 5.03. The second-order valence-corrected chi connectivity index (χ2v) is 6.86. The zero-order valence-electron chi connectivity index (χ0n) is 14.0. The lowest BCUT2D eigenvalue weighted by Crippen LogP contribution is -2.10. The molecule has 0 aliphatic carbocycles. The van der Waals surface area contributed by atoms with Crippen LogP contribution in [-0.2, 0) is 0 Å². The third-order valence-corrected chi connectivity index (χ3v) is 4.69. The van der Waals surface area contributed by atoms with Gasteiger partial charge in [-0.1, -0.05) is 60.7 Å². The molecule has 2 aromatic heterocycles. The molecule has 0 unspecified atom stereocenters. The molecule has 0 aliphatic heterocycles. The number of thiazole rings is 1. The lowest BCUT2D eigenvalue weighted by atomic mass is 10.1. The highest BCUT2D eigenvalue weighted by Gasteiger charge is 2.19. The van der Waals surface area contributed by atoms with Gasteiger partial charge >= 0.3 is 6.01 Å². The van der Waals surface area contributed by atoms with Crippen LogP contribution in [0.1, 0.15) is 14.7 Å². The Hall–Kier alpha value is -3.25. The molecule has 0 aliphatic rings. The highest BCUT2D eigenvalue weighted by Crippen LogP contribution is 2.34. The molecule has 1 N–H and O–H groups in total. The second-order valence-electron chi connectivity index (χ2n) is 5.63. The van der Waals surface area contributed by atoms with Crippen molar-refractivity contribution in [2.75, 3.05) is 5.32 Å². The van der Waals surface area contributed by atoms with Crippen LogP contribution in [-0.4, -0.2) is 15.9 Å². The van der Waals surface area contributed by atoms with Crippen molar-refractivity contribution >= 4 is 23.3 Å². The minimum atomic E-state index is -0.281. The Balaban J connectivity index is 1.73. The van der Waals surface area contributed by atoms with Crippen LogP contribution in [0.25, 0.3) is 22.6 Å². The van der Waals surface area contributed by atoms with Gasteiger partial charge in [0.05, 0.1) is 11.2 Å². The van der Waals surface area contributed by atoms with Crippen LogP contribution in [0.5, 0.6) is 0 Å². The van der Waals surface area contributed by atoms with Crippen molar-refractivity contribution in [1.82, 2.24) is 9.97 Å². The number of nitrogens with one attached hydrogen (secondary N) is 1. The Morgan fingerprint density at radius 1 is 1.00 bits per heavy atom. The van der Waals surface area contributed by atoms with Gasteiger partial charge < -0.3 is 4.42 Å². The number of amides is 1. The lowest BCUT2D eigenvalue weighted by Gasteiger charge is -2.00. The standard InChI is InChI=1S/C20H15N3O2S/c1-13-21-12-16(26-13)19(24)23-20-22-17(14-8-4-2-5-9-14)18(25-20)15-10-6-3-7-11-15/h2-12H,1H3,(H,22,23,24). The Labute approximate surface area is 154 Å². The largest absolute Gasteiger partial charge is 0.423 e. The molecule has 0 saturated heterocycles. The minimum Gasteiger partial charge on any atom is -0.423 e. The molecule has 0 spiro atoms. The van der Waals surface area contributed by atoms with Gasteiger partial charge in [-0.25, -0.2) is 4.98 Å². The number of aromatic nitrogens is 2. The smallest absolute Gasteiger partial charge is 0.302 e. The third kappa shape index (κ3) is 3.27. The molecule has 1 amide bonds. The van der Waals surface area contributed by atoms with E-state index in [2.05, 4.69) is 15.3 Å². The van der Waals surface area contributed by atoms with Gasteiger partial charge in [0.25, 0.3) is 5.91 Å². The first kappa shape index (κ1) is 16.2. The number of carbonyl (C=O) groups is 1. The topological polar surface area (TPSA) is 68.0 Å². The van der Waals surface area contributed by atoms with Crippen LogP contribution in [0.3, 0.4) is 0 Å². The summed E-state index contributed by atoms with van der Waals surface area (Å²) < 4.78 is 5.90. The summed E-state index contributed by atoms with van der Waals surface area (Å²) in [5.74, 6) is 0.337. The van der Waals surface area contributed by atoms with Crippen LogP contribution in [0, 0.1) is 6.92 Å². The van der Waals surface area contributed by atoms with Crippen LogP contribution < -0.4 is 5.32 Å². The molecule has 0 bridgehead atoms. The number of carbonyl (C=O) groups excluding carboxylic acids is 1. The number of oxazole rings is 1. The Morgan fingerprint density at radius 2 is 1.65 bits per heavy atom. The Morgan fingerprint density at radius 3 is 2.27 bits per heavy atom. The van der Waals surface area contributed by atoms with Gasteiger partial charge in [-0.2, -0.15) is 4.98 Å². The molecular formula is C20H15N3O2S. The highest BCUT2D eigenvalue weighted by molar-refractivity contribution is 7.13. The highest BCUT2D eigenvalue weighted by atomic mass is 32.1. The van der Waals surface area contributed by atoms with Crippen LogP contribution in [0.4, 0.5) is 6.01 Å². The number of nitrogens with zero attached hydrogens (tertiary/aromatic N) is 2. The molecule has 0 atom stereocenters. The SMILES string of the molecule is Cc1ncc(C(=O)Nc2nc(-c3ccccc3)c(-c3ccccc3)o2)s1. The maximum Gasteiger partial charge on any atom is 0.302 e. The van der Waals surface area contributed by atoms with Crippen molar-refractivity contribution in [1.29, 1.82) is 0 Å². The molecule has 6 heteroatoms. The van der Waals surface area contributed by atoms with E-state index in [1.54, 1.807) is 6.20 Å². The maximum absolute atomic E-state index is 12.4. The number of hydrogen-bond donors (Lipinski definition) is 1. The molecule has 0 saturated carbocycles. The van der Waals surface area contributed by atoms with E-state index in [0.29, 0.717) is 16.3 Å². The molecule has 0 radical (unpaired) electrons. The monoisotopic (exact) mass is 361 g/mol. The van der Waals surface area contributed by atoms with Gasteiger partial charge in [-0.05, 0) is 6.92 Å². The zero-order chi connectivity index (χ0) is 17.9. The van der Waals surface area contributed by atoms with E-state index in [1.807, 2.05) is 67.6 Å². The van der Waals surface area contributed by atoms with Crippen molar-refractivity contribution in [2.45, 2.75) is 6.92 Å². The molecule has 128 valence electrons. The summed E-state index contributed by atoms with van der Waals surface area (Å²) in [5, 5.41) is 3.56. The van der Waals surface area contributed by atoms with Crippen molar-refractivity contribution in [3.63, 3.8) is 0 Å². The number of hydrogen-bond acceptors (Lipinski definition) is 5. The lowest BCUT2D eigenvalue weighted by molar-refractivity contribution is 0.102.